The number of para-hydroxylation sites is 1. The number of nitrogens with one attached hydrogen (secondary N) is 1. The summed E-state index contributed by atoms with van der Waals surface area (Å²) in [5.41, 5.74) is 7.92. The van der Waals surface area contributed by atoms with Gasteiger partial charge in [0.25, 0.3) is 0 Å². The first-order chi connectivity index (χ1) is 13.4. The average molecular weight is 349 g/mol. The SMILES string of the molecule is C1=C(c2ccccc2)N(c2cccc3ccccc23)N(c2ccccc2)N1. The van der Waals surface area contributed by atoms with Crippen LogP contribution in [0.1, 0.15) is 5.56 Å². The first-order valence-electron chi connectivity index (χ1n) is 9.06. The molecular weight excluding hydrogens is 330 g/mol. The van der Waals surface area contributed by atoms with Crippen molar-refractivity contribution in [3.8, 4) is 0 Å². The maximum Gasteiger partial charge on any atom is 0.0900 e. The lowest BCUT2D eigenvalue weighted by Gasteiger charge is -2.33. The lowest BCUT2D eigenvalue weighted by molar-refractivity contribution is 0.797. The average Bonchev–Trinajstić information content (AvgIpc) is 3.19. The van der Waals surface area contributed by atoms with E-state index in [0.717, 1.165) is 22.6 Å². The van der Waals surface area contributed by atoms with Crippen LogP contribution in [0.2, 0.25) is 0 Å². The maximum absolute atomic E-state index is 3.43. The number of rotatable bonds is 3. The van der Waals surface area contributed by atoms with Gasteiger partial charge in [-0.05, 0) is 23.6 Å². The van der Waals surface area contributed by atoms with Crippen LogP contribution in [0.4, 0.5) is 11.4 Å². The van der Waals surface area contributed by atoms with Gasteiger partial charge in [0, 0.05) is 17.1 Å². The van der Waals surface area contributed by atoms with Gasteiger partial charge < -0.3 is 0 Å². The van der Waals surface area contributed by atoms with Crippen molar-refractivity contribution in [2.45, 2.75) is 0 Å². The molecule has 0 amide bonds. The van der Waals surface area contributed by atoms with Gasteiger partial charge in [-0.25, -0.2) is 5.01 Å². The molecule has 1 N–H and O–H groups in total. The third-order valence-electron chi connectivity index (χ3n) is 4.82. The minimum absolute atomic E-state index is 1.08. The van der Waals surface area contributed by atoms with E-state index in [9.17, 15) is 0 Å². The Kier molecular flexibility index (Phi) is 3.76. The normalized spacial score (nSPS) is 13.6. The maximum atomic E-state index is 3.43. The molecule has 1 aliphatic rings. The van der Waals surface area contributed by atoms with Crippen LogP contribution in [-0.2, 0) is 0 Å². The fourth-order valence-electron chi connectivity index (χ4n) is 3.55. The topological polar surface area (TPSA) is 18.5 Å². The summed E-state index contributed by atoms with van der Waals surface area (Å²) in [5.74, 6) is 0. The molecule has 0 aliphatic carbocycles. The van der Waals surface area contributed by atoms with Gasteiger partial charge in [-0.15, -0.1) is 0 Å². The summed E-state index contributed by atoms with van der Waals surface area (Å²) in [6.07, 6.45) is 2.06. The quantitative estimate of drug-likeness (QED) is 0.520. The Labute approximate surface area is 158 Å². The van der Waals surface area contributed by atoms with Crippen LogP contribution in [0.15, 0.2) is 109 Å². The molecule has 1 heterocycles. The van der Waals surface area contributed by atoms with Crippen molar-refractivity contribution in [3.63, 3.8) is 0 Å². The number of anilines is 2. The van der Waals surface area contributed by atoms with E-state index < -0.39 is 0 Å². The van der Waals surface area contributed by atoms with Gasteiger partial charge in [0.05, 0.1) is 17.1 Å². The Bertz CT molecular complexity index is 1100. The van der Waals surface area contributed by atoms with Crippen molar-refractivity contribution >= 4 is 27.8 Å². The van der Waals surface area contributed by atoms with Gasteiger partial charge in [0.1, 0.15) is 0 Å². The second kappa shape index (κ2) is 6.54. The van der Waals surface area contributed by atoms with E-state index in [2.05, 4.69) is 113 Å². The molecule has 0 unspecified atom stereocenters. The summed E-state index contributed by atoms with van der Waals surface area (Å²) < 4.78 is 0. The van der Waals surface area contributed by atoms with Gasteiger partial charge in [0.15, 0.2) is 0 Å². The second-order valence-electron chi connectivity index (χ2n) is 6.48. The number of hydrogen-bond donors (Lipinski definition) is 1. The number of fused-ring (bicyclic) bond motifs is 1. The molecule has 0 radical (unpaired) electrons. The molecule has 4 aromatic rings. The Morgan fingerprint density at radius 1 is 0.593 bits per heavy atom. The zero-order valence-electron chi connectivity index (χ0n) is 14.8. The molecule has 1 aliphatic heterocycles. The van der Waals surface area contributed by atoms with Gasteiger partial charge in [-0.3, -0.25) is 5.43 Å². The largest absolute Gasteiger partial charge is 0.284 e. The first-order valence-corrected chi connectivity index (χ1v) is 9.06. The van der Waals surface area contributed by atoms with E-state index in [1.165, 1.54) is 10.8 Å². The zero-order chi connectivity index (χ0) is 18.1. The van der Waals surface area contributed by atoms with Crippen LogP contribution in [0.25, 0.3) is 16.5 Å². The summed E-state index contributed by atoms with van der Waals surface area (Å²) in [7, 11) is 0. The fourth-order valence-corrected chi connectivity index (χ4v) is 3.55. The molecule has 4 aromatic carbocycles. The van der Waals surface area contributed by atoms with E-state index in [0.29, 0.717) is 0 Å². The molecule has 130 valence electrons. The highest BCUT2D eigenvalue weighted by Gasteiger charge is 2.28. The van der Waals surface area contributed by atoms with Gasteiger partial charge in [-0.2, -0.15) is 5.12 Å². The van der Waals surface area contributed by atoms with Crippen LogP contribution in [0, 0.1) is 0 Å². The highest BCUT2D eigenvalue weighted by molar-refractivity contribution is 6.00. The molecule has 0 bridgehead atoms. The first kappa shape index (κ1) is 15.5. The summed E-state index contributed by atoms with van der Waals surface area (Å²) in [6, 6.07) is 35.8. The lowest BCUT2D eigenvalue weighted by atomic mass is 10.1. The van der Waals surface area contributed by atoms with Crippen molar-refractivity contribution < 1.29 is 0 Å². The van der Waals surface area contributed by atoms with Crippen LogP contribution in [-0.4, -0.2) is 0 Å². The Hall–Kier alpha value is -3.72. The molecule has 0 atom stereocenters. The Morgan fingerprint density at radius 2 is 1.26 bits per heavy atom. The predicted octanol–water partition coefficient (Wildman–Crippen LogP) is 5.58. The Morgan fingerprint density at radius 3 is 2.07 bits per heavy atom. The summed E-state index contributed by atoms with van der Waals surface area (Å²) in [4.78, 5) is 0. The van der Waals surface area contributed by atoms with Crippen molar-refractivity contribution in [3.05, 3.63) is 115 Å². The molecule has 0 saturated carbocycles. The highest BCUT2D eigenvalue weighted by Crippen LogP contribution is 2.37. The molecule has 0 saturated heterocycles. The standard InChI is InChI=1S/C24H19N3/c1-3-11-20(12-4-1)24-18-25-27(21-14-5-2-6-15-21)26(24)23-17-9-13-19-10-7-8-16-22(19)23/h1-18,25H. The van der Waals surface area contributed by atoms with Gasteiger partial charge in [-0.1, -0.05) is 84.9 Å². The lowest BCUT2D eigenvalue weighted by Crippen LogP contribution is -2.43. The van der Waals surface area contributed by atoms with Crippen LogP contribution in [0.3, 0.4) is 0 Å². The van der Waals surface area contributed by atoms with Crippen LogP contribution in [0.5, 0.6) is 0 Å². The summed E-state index contributed by atoms with van der Waals surface area (Å²) in [6.45, 7) is 0. The van der Waals surface area contributed by atoms with Crippen molar-refractivity contribution in [2.24, 2.45) is 0 Å². The van der Waals surface area contributed by atoms with Crippen LogP contribution >= 0.6 is 0 Å². The van der Waals surface area contributed by atoms with Gasteiger partial charge >= 0.3 is 0 Å². The molecule has 0 fully saturated rings. The molecule has 3 nitrogen and oxygen atoms in total. The monoisotopic (exact) mass is 349 g/mol. The van der Waals surface area contributed by atoms with Gasteiger partial charge in [0.2, 0.25) is 0 Å². The predicted molar refractivity (Wildman–Crippen MR) is 113 cm³/mol. The summed E-state index contributed by atoms with van der Waals surface area (Å²) in [5, 5.41) is 6.77. The molecular formula is C24H19N3. The van der Waals surface area contributed by atoms with E-state index in [-0.39, 0.29) is 0 Å². The van der Waals surface area contributed by atoms with Crippen molar-refractivity contribution in [1.29, 1.82) is 0 Å². The summed E-state index contributed by atoms with van der Waals surface area (Å²) >= 11 is 0. The third-order valence-corrected chi connectivity index (χ3v) is 4.82. The van der Waals surface area contributed by atoms with E-state index in [4.69, 9.17) is 0 Å². The minimum Gasteiger partial charge on any atom is -0.284 e. The van der Waals surface area contributed by atoms with E-state index in [1.807, 2.05) is 12.1 Å². The highest BCUT2D eigenvalue weighted by atomic mass is 15.8. The third kappa shape index (κ3) is 2.70. The smallest absolute Gasteiger partial charge is 0.0900 e. The molecule has 0 aromatic heterocycles. The van der Waals surface area contributed by atoms with E-state index >= 15 is 0 Å². The number of benzene rings is 4. The number of nitrogens with zero attached hydrogens (tertiary/aromatic N) is 2. The fraction of sp³-hybridized carbons (Fsp3) is 0. The van der Waals surface area contributed by atoms with E-state index in [1.54, 1.807) is 0 Å². The zero-order valence-corrected chi connectivity index (χ0v) is 14.8. The second-order valence-corrected chi connectivity index (χ2v) is 6.48. The van der Waals surface area contributed by atoms with Crippen LogP contribution < -0.4 is 15.6 Å². The number of hydrazine groups is 2. The molecule has 5 rings (SSSR count). The molecule has 27 heavy (non-hydrogen) atoms. The molecule has 0 spiro atoms. The van der Waals surface area contributed by atoms with Crippen molar-refractivity contribution in [1.82, 2.24) is 5.43 Å². The Balaban J connectivity index is 1.70. The van der Waals surface area contributed by atoms with Crippen molar-refractivity contribution in [2.75, 3.05) is 10.1 Å². The number of hydrogen-bond acceptors (Lipinski definition) is 3. The molecule has 3 heteroatoms. The minimum atomic E-state index is 1.08.